The van der Waals surface area contributed by atoms with Crippen LogP contribution in [0.15, 0.2) is 4.99 Å². The molecule has 8 heteroatoms. The van der Waals surface area contributed by atoms with E-state index in [1.165, 1.54) is 0 Å². The van der Waals surface area contributed by atoms with Gasteiger partial charge in [0.1, 0.15) is 5.60 Å². The number of alkyl carbamates (subject to hydrolysis) is 1. The molecule has 0 spiro atoms. The number of hydrogen-bond acceptors (Lipinski definition) is 5. The normalized spacial score (nSPS) is 16.6. The number of aliphatic imine (C=N–C) groups is 1. The Morgan fingerprint density at radius 1 is 1.14 bits per heavy atom. The van der Waals surface area contributed by atoms with Gasteiger partial charge in [0, 0.05) is 32.9 Å². The van der Waals surface area contributed by atoms with Crippen LogP contribution in [0.5, 0.6) is 0 Å². The van der Waals surface area contributed by atoms with Gasteiger partial charge in [-0.25, -0.2) is 4.79 Å². The molecule has 1 aliphatic rings. The molecule has 0 aromatic carbocycles. The van der Waals surface area contributed by atoms with Crippen molar-refractivity contribution in [1.82, 2.24) is 16.0 Å². The van der Waals surface area contributed by atoms with Crippen molar-refractivity contribution in [1.29, 1.82) is 0 Å². The standard InChI is InChI=1S/C20H40N4O4/c1-7-21-17(22-11-8-12-27-16-9-13-26-14-10-16)23-15-20(5,6)24-18(25)28-19(2,3)4/h16H,7-15H2,1-6H3,(H,24,25)(H2,21,22,23). The van der Waals surface area contributed by atoms with Crippen LogP contribution in [-0.4, -0.2) is 68.8 Å². The first kappa shape index (κ1) is 24.5. The zero-order chi connectivity index (χ0) is 21.0. The van der Waals surface area contributed by atoms with Crippen molar-refractivity contribution >= 4 is 12.1 Å². The minimum atomic E-state index is -0.521. The lowest BCUT2D eigenvalue weighted by Gasteiger charge is -2.27. The van der Waals surface area contributed by atoms with Crippen LogP contribution in [-0.2, 0) is 14.2 Å². The molecule has 0 aliphatic carbocycles. The number of nitrogens with zero attached hydrogens (tertiary/aromatic N) is 1. The fourth-order valence-electron chi connectivity index (χ4n) is 2.61. The van der Waals surface area contributed by atoms with Crippen LogP contribution in [0.3, 0.4) is 0 Å². The molecule has 0 radical (unpaired) electrons. The smallest absolute Gasteiger partial charge is 0.408 e. The summed E-state index contributed by atoms with van der Waals surface area (Å²) in [6.45, 7) is 15.7. The van der Waals surface area contributed by atoms with Crippen molar-refractivity contribution in [3.63, 3.8) is 0 Å². The predicted molar refractivity (Wildman–Crippen MR) is 112 cm³/mol. The number of carbonyl (C=O) groups is 1. The van der Waals surface area contributed by atoms with Gasteiger partial charge in [-0.3, -0.25) is 4.99 Å². The lowest BCUT2D eigenvalue weighted by molar-refractivity contribution is -0.0320. The van der Waals surface area contributed by atoms with E-state index in [0.717, 1.165) is 58.1 Å². The molecule has 8 nitrogen and oxygen atoms in total. The third-order valence-electron chi connectivity index (χ3n) is 3.95. The molecule has 1 rings (SSSR count). The number of rotatable bonds is 9. The number of ether oxygens (including phenoxy) is 3. The summed E-state index contributed by atoms with van der Waals surface area (Å²) in [6.07, 6.45) is 2.77. The highest BCUT2D eigenvalue weighted by Crippen LogP contribution is 2.11. The van der Waals surface area contributed by atoms with Crippen molar-refractivity contribution in [3.05, 3.63) is 0 Å². The van der Waals surface area contributed by atoms with E-state index in [1.807, 2.05) is 41.5 Å². The maximum absolute atomic E-state index is 12.0. The van der Waals surface area contributed by atoms with Gasteiger partial charge in [-0.2, -0.15) is 0 Å². The molecule has 1 heterocycles. The Morgan fingerprint density at radius 3 is 2.43 bits per heavy atom. The summed E-state index contributed by atoms with van der Waals surface area (Å²) in [5.41, 5.74) is -1.04. The van der Waals surface area contributed by atoms with Crippen molar-refractivity contribution < 1.29 is 19.0 Å². The van der Waals surface area contributed by atoms with Gasteiger partial charge in [-0.05, 0) is 60.8 Å². The second-order valence-corrected chi connectivity index (χ2v) is 8.67. The first-order valence-electron chi connectivity index (χ1n) is 10.3. The maximum Gasteiger partial charge on any atom is 0.408 e. The highest BCUT2D eigenvalue weighted by molar-refractivity contribution is 5.79. The average Bonchev–Trinajstić information content (AvgIpc) is 2.58. The minimum absolute atomic E-state index is 0.329. The fourth-order valence-corrected chi connectivity index (χ4v) is 2.61. The van der Waals surface area contributed by atoms with E-state index < -0.39 is 17.2 Å². The quantitative estimate of drug-likeness (QED) is 0.313. The molecule has 28 heavy (non-hydrogen) atoms. The van der Waals surface area contributed by atoms with Gasteiger partial charge in [0.2, 0.25) is 0 Å². The Bertz CT molecular complexity index is 483. The lowest BCUT2D eigenvalue weighted by Crippen LogP contribution is -2.49. The second kappa shape index (κ2) is 12.1. The third kappa shape index (κ3) is 12.0. The summed E-state index contributed by atoms with van der Waals surface area (Å²) in [4.78, 5) is 16.6. The molecule has 1 saturated heterocycles. The summed E-state index contributed by atoms with van der Waals surface area (Å²) < 4.78 is 16.5. The van der Waals surface area contributed by atoms with E-state index in [1.54, 1.807) is 0 Å². The summed E-state index contributed by atoms with van der Waals surface area (Å²) in [5, 5.41) is 9.41. The minimum Gasteiger partial charge on any atom is -0.444 e. The zero-order valence-corrected chi connectivity index (χ0v) is 18.5. The third-order valence-corrected chi connectivity index (χ3v) is 3.95. The average molecular weight is 401 g/mol. The molecular weight excluding hydrogens is 360 g/mol. The zero-order valence-electron chi connectivity index (χ0n) is 18.5. The van der Waals surface area contributed by atoms with Crippen molar-refractivity contribution in [2.75, 3.05) is 39.5 Å². The Hall–Kier alpha value is -1.54. The lowest BCUT2D eigenvalue weighted by atomic mass is 10.1. The number of guanidine groups is 1. The Morgan fingerprint density at radius 2 is 1.82 bits per heavy atom. The van der Waals surface area contributed by atoms with Crippen LogP contribution in [0.25, 0.3) is 0 Å². The number of nitrogens with one attached hydrogen (secondary N) is 3. The van der Waals surface area contributed by atoms with Crippen LogP contribution in [0.2, 0.25) is 0 Å². The molecule has 3 N–H and O–H groups in total. The van der Waals surface area contributed by atoms with E-state index >= 15 is 0 Å². The van der Waals surface area contributed by atoms with Gasteiger partial charge in [0.25, 0.3) is 0 Å². The summed E-state index contributed by atoms with van der Waals surface area (Å²) in [5.74, 6) is 0.729. The van der Waals surface area contributed by atoms with Crippen molar-refractivity contribution in [3.8, 4) is 0 Å². The van der Waals surface area contributed by atoms with Gasteiger partial charge in [-0.1, -0.05) is 0 Å². The van der Waals surface area contributed by atoms with Gasteiger partial charge in [-0.15, -0.1) is 0 Å². The van der Waals surface area contributed by atoms with E-state index in [2.05, 4.69) is 20.9 Å². The first-order valence-corrected chi connectivity index (χ1v) is 10.3. The fraction of sp³-hybridized carbons (Fsp3) is 0.900. The Labute approximate surface area is 170 Å². The van der Waals surface area contributed by atoms with Crippen LogP contribution in [0.4, 0.5) is 4.79 Å². The first-order chi connectivity index (χ1) is 13.1. The number of hydrogen-bond donors (Lipinski definition) is 3. The molecule has 0 aromatic heterocycles. The number of amides is 1. The predicted octanol–water partition coefficient (Wildman–Crippen LogP) is 2.43. The van der Waals surface area contributed by atoms with E-state index in [-0.39, 0.29) is 0 Å². The molecule has 0 aromatic rings. The molecule has 0 bridgehead atoms. The van der Waals surface area contributed by atoms with E-state index in [0.29, 0.717) is 12.6 Å². The summed E-state index contributed by atoms with van der Waals surface area (Å²) >= 11 is 0. The largest absolute Gasteiger partial charge is 0.444 e. The molecule has 1 fully saturated rings. The SMILES string of the molecule is CCNC(=NCC(C)(C)NC(=O)OC(C)(C)C)NCCCOC1CCOCC1. The second-order valence-electron chi connectivity index (χ2n) is 8.67. The van der Waals surface area contributed by atoms with Crippen molar-refractivity contribution in [2.24, 2.45) is 4.99 Å². The van der Waals surface area contributed by atoms with E-state index in [9.17, 15) is 4.79 Å². The molecular formula is C20H40N4O4. The topological polar surface area (TPSA) is 93.2 Å². The van der Waals surface area contributed by atoms with Gasteiger partial charge in [0.05, 0.1) is 18.2 Å². The van der Waals surface area contributed by atoms with Crippen LogP contribution in [0.1, 0.15) is 60.8 Å². The maximum atomic E-state index is 12.0. The molecule has 0 saturated carbocycles. The summed E-state index contributed by atoms with van der Waals surface area (Å²) in [7, 11) is 0. The highest BCUT2D eigenvalue weighted by atomic mass is 16.6. The van der Waals surface area contributed by atoms with Crippen LogP contribution in [0, 0.1) is 0 Å². The Kier molecular flexibility index (Phi) is 10.6. The van der Waals surface area contributed by atoms with Gasteiger partial charge >= 0.3 is 6.09 Å². The van der Waals surface area contributed by atoms with Gasteiger partial charge in [0.15, 0.2) is 5.96 Å². The molecule has 0 unspecified atom stereocenters. The summed E-state index contributed by atoms with van der Waals surface area (Å²) in [6, 6.07) is 0. The van der Waals surface area contributed by atoms with Crippen LogP contribution < -0.4 is 16.0 Å². The van der Waals surface area contributed by atoms with E-state index in [4.69, 9.17) is 14.2 Å². The Balaban J connectivity index is 2.35. The van der Waals surface area contributed by atoms with Crippen LogP contribution >= 0.6 is 0 Å². The van der Waals surface area contributed by atoms with Gasteiger partial charge < -0.3 is 30.2 Å². The number of carbonyl (C=O) groups excluding carboxylic acids is 1. The monoisotopic (exact) mass is 400 g/mol. The molecule has 1 amide bonds. The highest BCUT2D eigenvalue weighted by Gasteiger charge is 2.24. The molecule has 1 aliphatic heterocycles. The van der Waals surface area contributed by atoms with Crippen molar-refractivity contribution in [2.45, 2.75) is 78.0 Å². The molecule has 0 atom stereocenters. The molecule has 164 valence electrons.